The van der Waals surface area contributed by atoms with Gasteiger partial charge in [0.15, 0.2) is 0 Å². The number of hydrogen-bond donors (Lipinski definition) is 1. The normalized spacial score (nSPS) is 26.1. The van der Waals surface area contributed by atoms with Gasteiger partial charge in [-0.15, -0.1) is 0 Å². The lowest BCUT2D eigenvalue weighted by Crippen LogP contribution is -2.41. The van der Waals surface area contributed by atoms with Crippen LogP contribution in [0.3, 0.4) is 0 Å². The molecule has 0 aromatic rings. The average molecular weight is 271 g/mol. The third-order valence-corrected chi connectivity index (χ3v) is 4.48. The van der Waals surface area contributed by atoms with Gasteiger partial charge < -0.3 is 9.31 Å². The molecule has 100 valence electrons. The topological polar surface area (TPSA) is 64.6 Å². The summed E-state index contributed by atoms with van der Waals surface area (Å²) in [6, 6.07) is 0. The van der Waals surface area contributed by atoms with Gasteiger partial charge in [-0.05, 0) is 33.2 Å². The zero-order valence-corrected chi connectivity index (χ0v) is 11.9. The summed E-state index contributed by atoms with van der Waals surface area (Å²) in [5, 5.41) is 2.83. The molecule has 1 N–H and O–H groups in total. The standard InChI is InChI=1S/C11H18BNO4S/c1-10(2)11(3,4)17-12(16-10)8-5-6-13-9(7-8)18(14)15/h5,13H,6-7H2,1-4H3. The molecular formula is C11H18BNO4S. The summed E-state index contributed by atoms with van der Waals surface area (Å²) >= 11 is 0. The van der Waals surface area contributed by atoms with E-state index in [2.05, 4.69) is 5.32 Å². The minimum atomic E-state index is -2.21. The third-order valence-electron chi connectivity index (χ3n) is 3.79. The van der Waals surface area contributed by atoms with Crippen LogP contribution in [-0.2, 0) is 19.6 Å². The van der Waals surface area contributed by atoms with Crippen molar-refractivity contribution in [1.29, 1.82) is 0 Å². The molecule has 0 unspecified atom stereocenters. The maximum atomic E-state index is 11.0. The van der Waals surface area contributed by atoms with E-state index in [1.165, 1.54) is 0 Å². The molecule has 2 aliphatic rings. The lowest BCUT2D eigenvalue weighted by Gasteiger charge is -2.32. The predicted octanol–water partition coefficient (Wildman–Crippen LogP) is 0.546. The van der Waals surface area contributed by atoms with Crippen LogP contribution in [0.4, 0.5) is 0 Å². The second-order valence-electron chi connectivity index (χ2n) is 5.58. The molecule has 1 fully saturated rings. The van der Waals surface area contributed by atoms with E-state index in [9.17, 15) is 8.42 Å². The first-order chi connectivity index (χ1) is 8.23. The van der Waals surface area contributed by atoms with Crippen LogP contribution in [0.5, 0.6) is 0 Å². The highest BCUT2D eigenvalue weighted by atomic mass is 32.2. The summed E-state index contributed by atoms with van der Waals surface area (Å²) in [7, 11) is -2.67. The van der Waals surface area contributed by atoms with Crippen LogP contribution in [0.15, 0.2) is 11.5 Å². The van der Waals surface area contributed by atoms with Crippen LogP contribution < -0.4 is 5.32 Å². The summed E-state index contributed by atoms with van der Waals surface area (Å²) in [6.45, 7) is 8.40. The van der Waals surface area contributed by atoms with E-state index in [4.69, 9.17) is 9.31 Å². The van der Waals surface area contributed by atoms with Gasteiger partial charge in [-0.25, -0.2) is 0 Å². The van der Waals surface area contributed by atoms with Crippen molar-refractivity contribution < 1.29 is 17.7 Å². The zero-order chi connectivity index (χ0) is 13.6. The molecule has 18 heavy (non-hydrogen) atoms. The fraction of sp³-hybridized carbons (Fsp3) is 0.727. The molecule has 0 amide bonds. The Morgan fingerprint density at radius 1 is 1.22 bits per heavy atom. The first-order valence-corrected chi connectivity index (χ1v) is 7.04. The van der Waals surface area contributed by atoms with Crippen LogP contribution in [0.25, 0.3) is 0 Å². The lowest BCUT2D eigenvalue weighted by atomic mass is 9.75. The Hall–Kier alpha value is -0.625. The van der Waals surface area contributed by atoms with Crippen LogP contribution in [0.2, 0.25) is 0 Å². The summed E-state index contributed by atoms with van der Waals surface area (Å²) in [6.07, 6.45) is 2.26. The highest BCUT2D eigenvalue weighted by molar-refractivity contribution is 7.72. The van der Waals surface area contributed by atoms with Crippen molar-refractivity contribution in [2.24, 2.45) is 0 Å². The Morgan fingerprint density at radius 2 is 1.78 bits per heavy atom. The van der Waals surface area contributed by atoms with E-state index < -0.39 is 28.6 Å². The monoisotopic (exact) mass is 271 g/mol. The van der Waals surface area contributed by atoms with Crippen LogP contribution in [-0.4, -0.2) is 38.3 Å². The van der Waals surface area contributed by atoms with Crippen molar-refractivity contribution in [2.45, 2.75) is 45.3 Å². The summed E-state index contributed by atoms with van der Waals surface area (Å²) in [4.78, 5) is 0.294. The summed E-state index contributed by atoms with van der Waals surface area (Å²) in [5.74, 6) is 0. The quantitative estimate of drug-likeness (QED) is 0.557. The van der Waals surface area contributed by atoms with Gasteiger partial charge in [0, 0.05) is 13.0 Å². The first-order valence-electron chi connectivity index (χ1n) is 5.96. The molecular weight excluding hydrogens is 253 g/mol. The van der Waals surface area contributed by atoms with Crippen LogP contribution in [0.1, 0.15) is 34.1 Å². The van der Waals surface area contributed by atoms with E-state index in [1.807, 2.05) is 33.8 Å². The SMILES string of the molecule is CC1(C)OB(C2=CCNC(=S(=O)=O)C2)OC1(C)C. The van der Waals surface area contributed by atoms with Crippen molar-refractivity contribution >= 4 is 22.4 Å². The largest absolute Gasteiger partial charge is 0.490 e. The Balaban J connectivity index is 2.21. The average Bonchev–Trinajstić information content (AvgIpc) is 2.48. The van der Waals surface area contributed by atoms with E-state index in [-0.39, 0.29) is 0 Å². The van der Waals surface area contributed by atoms with Crippen molar-refractivity contribution in [1.82, 2.24) is 5.32 Å². The Kier molecular flexibility index (Phi) is 3.44. The smallest absolute Gasteiger partial charge is 0.400 e. The molecule has 2 rings (SSSR count). The molecule has 0 aromatic heterocycles. The van der Waals surface area contributed by atoms with Gasteiger partial charge in [-0.2, -0.15) is 8.42 Å². The molecule has 0 aromatic carbocycles. The number of nitrogens with one attached hydrogen (secondary N) is 1. The lowest BCUT2D eigenvalue weighted by molar-refractivity contribution is 0.00578. The minimum Gasteiger partial charge on any atom is -0.400 e. The molecule has 2 aliphatic heterocycles. The Labute approximate surface area is 109 Å². The van der Waals surface area contributed by atoms with Crippen molar-refractivity contribution in [3.8, 4) is 0 Å². The van der Waals surface area contributed by atoms with Gasteiger partial charge in [0.05, 0.1) is 11.2 Å². The highest BCUT2D eigenvalue weighted by Crippen LogP contribution is 2.39. The van der Waals surface area contributed by atoms with Crippen molar-refractivity contribution in [2.75, 3.05) is 6.54 Å². The van der Waals surface area contributed by atoms with Gasteiger partial charge >= 0.3 is 7.12 Å². The van der Waals surface area contributed by atoms with Crippen molar-refractivity contribution in [3.63, 3.8) is 0 Å². The van der Waals surface area contributed by atoms with Crippen LogP contribution in [0, 0.1) is 0 Å². The fourth-order valence-electron chi connectivity index (χ4n) is 1.91. The van der Waals surface area contributed by atoms with E-state index in [1.54, 1.807) is 0 Å². The second-order valence-corrected chi connectivity index (χ2v) is 6.55. The van der Waals surface area contributed by atoms with Gasteiger partial charge in [0.25, 0.3) is 0 Å². The zero-order valence-electron chi connectivity index (χ0n) is 11.1. The molecule has 0 saturated carbocycles. The maximum Gasteiger partial charge on any atom is 0.490 e. The van der Waals surface area contributed by atoms with Gasteiger partial charge in [-0.1, -0.05) is 6.08 Å². The Morgan fingerprint density at radius 3 is 2.28 bits per heavy atom. The summed E-state index contributed by atoms with van der Waals surface area (Å²) in [5.41, 5.74) is 0.0620. The number of hydrogen-bond acceptors (Lipinski definition) is 4. The molecule has 1 saturated heterocycles. The van der Waals surface area contributed by atoms with E-state index in [0.717, 1.165) is 5.47 Å². The van der Waals surface area contributed by atoms with Crippen LogP contribution >= 0.6 is 0 Å². The van der Waals surface area contributed by atoms with Crippen molar-refractivity contribution in [3.05, 3.63) is 11.5 Å². The molecule has 0 aliphatic carbocycles. The molecule has 0 bridgehead atoms. The van der Waals surface area contributed by atoms with E-state index >= 15 is 0 Å². The fourth-order valence-corrected chi connectivity index (χ4v) is 2.39. The summed E-state index contributed by atoms with van der Waals surface area (Å²) < 4.78 is 33.7. The maximum absolute atomic E-state index is 11.0. The highest BCUT2D eigenvalue weighted by Gasteiger charge is 2.52. The second kappa shape index (κ2) is 4.49. The molecule has 2 heterocycles. The van der Waals surface area contributed by atoms with Gasteiger partial charge in [0.2, 0.25) is 10.3 Å². The Bertz CT molecular complexity index is 497. The molecule has 7 heteroatoms. The van der Waals surface area contributed by atoms with Gasteiger partial charge in [-0.3, -0.25) is 5.32 Å². The molecule has 0 atom stereocenters. The molecule has 0 spiro atoms. The number of rotatable bonds is 1. The molecule has 5 nitrogen and oxygen atoms in total. The minimum absolute atomic E-state index is 0.294. The first kappa shape index (κ1) is 13.8. The van der Waals surface area contributed by atoms with Gasteiger partial charge in [0.1, 0.15) is 4.99 Å². The third kappa shape index (κ3) is 2.40. The predicted molar refractivity (Wildman–Crippen MR) is 70.7 cm³/mol. The molecule has 0 radical (unpaired) electrons. The van der Waals surface area contributed by atoms with E-state index in [0.29, 0.717) is 18.0 Å².